The van der Waals surface area contributed by atoms with Gasteiger partial charge in [0.2, 0.25) is 11.8 Å². The highest BCUT2D eigenvalue weighted by Crippen LogP contribution is 2.29. The van der Waals surface area contributed by atoms with Crippen LogP contribution in [0.1, 0.15) is 12.0 Å². The number of nitrogens with one attached hydrogen (secondary N) is 1. The first-order chi connectivity index (χ1) is 10.0. The number of aryl methyl sites for hydroxylation is 1. The molecule has 1 aromatic rings. The van der Waals surface area contributed by atoms with Crippen LogP contribution in [0.5, 0.6) is 0 Å². The number of amides is 3. The van der Waals surface area contributed by atoms with Crippen LogP contribution in [-0.4, -0.2) is 33.7 Å². The van der Waals surface area contributed by atoms with Crippen LogP contribution in [-0.2, 0) is 9.59 Å². The molecule has 21 heavy (non-hydrogen) atoms. The fraction of sp³-hybridized carbons (Fsp3) is 0.267. The maximum atomic E-state index is 12.0. The summed E-state index contributed by atoms with van der Waals surface area (Å²) in [6.45, 7) is 5.65. The van der Waals surface area contributed by atoms with Crippen molar-refractivity contribution in [3.8, 4) is 0 Å². The summed E-state index contributed by atoms with van der Waals surface area (Å²) >= 11 is 0.892. The molecule has 2 rings (SSSR count). The lowest BCUT2D eigenvalue weighted by molar-refractivity contribution is -0.128. The van der Waals surface area contributed by atoms with Gasteiger partial charge in [0.1, 0.15) is 5.25 Å². The van der Waals surface area contributed by atoms with E-state index < -0.39 is 5.25 Å². The van der Waals surface area contributed by atoms with Gasteiger partial charge in [-0.1, -0.05) is 35.5 Å². The zero-order valence-corrected chi connectivity index (χ0v) is 12.5. The van der Waals surface area contributed by atoms with Gasteiger partial charge in [-0.15, -0.1) is 6.58 Å². The normalized spacial score (nSPS) is 18.0. The number of imide groups is 1. The van der Waals surface area contributed by atoms with Gasteiger partial charge in [0.15, 0.2) is 0 Å². The molecule has 1 aromatic carbocycles. The van der Waals surface area contributed by atoms with Gasteiger partial charge in [-0.05, 0) is 19.1 Å². The zero-order chi connectivity index (χ0) is 15.4. The van der Waals surface area contributed by atoms with Gasteiger partial charge in [0.05, 0.1) is 0 Å². The maximum absolute atomic E-state index is 12.0. The fourth-order valence-electron chi connectivity index (χ4n) is 1.94. The lowest BCUT2D eigenvalue weighted by atomic mass is 10.2. The first kappa shape index (κ1) is 15.3. The van der Waals surface area contributed by atoms with Crippen LogP contribution in [0.15, 0.2) is 36.9 Å². The molecule has 0 aliphatic carbocycles. The predicted molar refractivity (Wildman–Crippen MR) is 83.1 cm³/mol. The van der Waals surface area contributed by atoms with Crippen molar-refractivity contribution in [1.82, 2.24) is 4.90 Å². The van der Waals surface area contributed by atoms with E-state index in [1.807, 2.05) is 19.1 Å². The number of nitrogens with zero attached hydrogens (tertiary/aromatic N) is 1. The summed E-state index contributed by atoms with van der Waals surface area (Å²) < 4.78 is 0. The van der Waals surface area contributed by atoms with Gasteiger partial charge in [-0.25, -0.2) is 0 Å². The van der Waals surface area contributed by atoms with Crippen LogP contribution in [0, 0.1) is 6.92 Å². The molecular formula is C15H16N2O3S. The fourth-order valence-corrected chi connectivity index (χ4v) is 2.94. The number of thioether (sulfide) groups is 1. The molecule has 5 nitrogen and oxygen atoms in total. The number of rotatable bonds is 5. The molecule has 1 atom stereocenters. The van der Waals surface area contributed by atoms with E-state index in [4.69, 9.17) is 0 Å². The number of benzene rings is 1. The average molecular weight is 304 g/mol. The van der Waals surface area contributed by atoms with E-state index in [1.165, 1.54) is 6.08 Å². The van der Waals surface area contributed by atoms with Crippen molar-refractivity contribution in [2.75, 3.05) is 11.9 Å². The molecule has 0 aromatic heterocycles. The summed E-state index contributed by atoms with van der Waals surface area (Å²) in [4.78, 5) is 36.7. The number of anilines is 1. The van der Waals surface area contributed by atoms with Gasteiger partial charge < -0.3 is 5.32 Å². The Morgan fingerprint density at radius 2 is 2.05 bits per heavy atom. The third-order valence-electron chi connectivity index (χ3n) is 3.02. The summed E-state index contributed by atoms with van der Waals surface area (Å²) in [5, 5.41) is 1.75. The second kappa shape index (κ2) is 6.58. The monoisotopic (exact) mass is 304 g/mol. The van der Waals surface area contributed by atoms with E-state index in [9.17, 15) is 14.4 Å². The van der Waals surface area contributed by atoms with Gasteiger partial charge in [0, 0.05) is 18.7 Å². The van der Waals surface area contributed by atoms with Crippen molar-refractivity contribution in [1.29, 1.82) is 0 Å². The molecule has 0 bridgehead atoms. The molecular weight excluding hydrogens is 288 g/mol. The van der Waals surface area contributed by atoms with Crippen LogP contribution in [0.25, 0.3) is 0 Å². The highest BCUT2D eigenvalue weighted by Gasteiger charge is 2.39. The summed E-state index contributed by atoms with van der Waals surface area (Å²) in [6.07, 6.45) is 1.47. The number of hydrogen-bond donors (Lipinski definition) is 1. The second-order valence-electron chi connectivity index (χ2n) is 4.73. The SMILES string of the molecule is C=CCN1C(=O)S[C@@H](CC(=O)Nc2ccc(C)cc2)C1=O. The van der Waals surface area contributed by atoms with Crippen molar-refractivity contribution in [3.05, 3.63) is 42.5 Å². The summed E-state index contributed by atoms with van der Waals surface area (Å²) in [6, 6.07) is 7.37. The molecule has 1 N–H and O–H groups in total. The quantitative estimate of drug-likeness (QED) is 0.849. The Morgan fingerprint density at radius 1 is 1.38 bits per heavy atom. The Kier molecular flexibility index (Phi) is 4.80. The molecule has 3 amide bonds. The lowest BCUT2D eigenvalue weighted by Crippen LogP contribution is -2.33. The topological polar surface area (TPSA) is 66.5 Å². The smallest absolute Gasteiger partial charge is 0.289 e. The third-order valence-corrected chi connectivity index (χ3v) is 4.10. The Morgan fingerprint density at radius 3 is 2.67 bits per heavy atom. The van der Waals surface area contributed by atoms with Gasteiger partial charge in [0.25, 0.3) is 5.24 Å². The van der Waals surface area contributed by atoms with E-state index in [0.29, 0.717) is 5.69 Å². The van der Waals surface area contributed by atoms with Gasteiger partial charge in [-0.2, -0.15) is 0 Å². The molecule has 1 saturated heterocycles. The van der Waals surface area contributed by atoms with Gasteiger partial charge >= 0.3 is 0 Å². The summed E-state index contributed by atoms with van der Waals surface area (Å²) in [7, 11) is 0. The van der Waals surface area contributed by atoms with Crippen molar-refractivity contribution < 1.29 is 14.4 Å². The molecule has 1 fully saturated rings. The Labute approximate surface area is 127 Å². The van der Waals surface area contributed by atoms with E-state index in [1.54, 1.807) is 12.1 Å². The molecule has 6 heteroatoms. The van der Waals surface area contributed by atoms with Crippen LogP contribution in [0.3, 0.4) is 0 Å². The van der Waals surface area contributed by atoms with Crippen molar-refractivity contribution >= 4 is 34.5 Å². The minimum atomic E-state index is -0.650. The first-order valence-corrected chi connectivity index (χ1v) is 7.38. The zero-order valence-electron chi connectivity index (χ0n) is 11.7. The maximum Gasteiger partial charge on any atom is 0.289 e. The van der Waals surface area contributed by atoms with Gasteiger partial charge in [-0.3, -0.25) is 19.3 Å². The molecule has 1 aliphatic heterocycles. The largest absolute Gasteiger partial charge is 0.326 e. The van der Waals surface area contributed by atoms with E-state index >= 15 is 0 Å². The number of hydrogen-bond acceptors (Lipinski definition) is 4. The highest BCUT2D eigenvalue weighted by molar-refractivity contribution is 8.15. The Hall–Kier alpha value is -2.08. The Bertz CT molecular complexity index is 583. The number of carbonyl (C=O) groups excluding carboxylic acids is 3. The molecule has 1 aliphatic rings. The molecule has 0 unspecified atom stereocenters. The average Bonchev–Trinajstić information content (AvgIpc) is 2.69. The molecule has 0 saturated carbocycles. The van der Waals surface area contributed by atoms with Crippen molar-refractivity contribution in [3.63, 3.8) is 0 Å². The Balaban J connectivity index is 1.94. The lowest BCUT2D eigenvalue weighted by Gasteiger charge is -2.11. The van der Waals surface area contributed by atoms with Crippen LogP contribution in [0.2, 0.25) is 0 Å². The third kappa shape index (κ3) is 3.72. The minimum absolute atomic E-state index is 0.0171. The van der Waals surface area contributed by atoms with Crippen molar-refractivity contribution in [2.45, 2.75) is 18.6 Å². The van der Waals surface area contributed by atoms with E-state index in [0.717, 1.165) is 22.2 Å². The number of carbonyl (C=O) groups is 3. The van der Waals surface area contributed by atoms with Crippen LogP contribution in [0.4, 0.5) is 10.5 Å². The molecule has 0 radical (unpaired) electrons. The molecule has 0 spiro atoms. The van der Waals surface area contributed by atoms with Crippen molar-refractivity contribution in [2.24, 2.45) is 0 Å². The van der Waals surface area contributed by atoms with E-state index in [2.05, 4.69) is 11.9 Å². The minimum Gasteiger partial charge on any atom is -0.326 e. The predicted octanol–water partition coefficient (Wildman–Crippen LogP) is 2.57. The van der Waals surface area contributed by atoms with E-state index in [-0.39, 0.29) is 30.0 Å². The first-order valence-electron chi connectivity index (χ1n) is 6.50. The summed E-state index contributed by atoms with van der Waals surface area (Å²) in [5.74, 6) is -0.609. The highest BCUT2D eigenvalue weighted by atomic mass is 32.2. The van der Waals surface area contributed by atoms with Crippen LogP contribution < -0.4 is 5.32 Å². The summed E-state index contributed by atoms with van der Waals surface area (Å²) in [5.41, 5.74) is 1.77. The standard InChI is InChI=1S/C15H16N2O3S/c1-3-8-17-14(19)12(21-15(17)20)9-13(18)16-11-6-4-10(2)5-7-11/h3-7,12H,1,8-9H2,2H3,(H,16,18)/t12-/m0/s1. The molecule has 110 valence electrons. The second-order valence-corrected chi connectivity index (χ2v) is 5.88. The van der Waals surface area contributed by atoms with Crippen LogP contribution >= 0.6 is 11.8 Å². The molecule has 1 heterocycles.